The van der Waals surface area contributed by atoms with E-state index in [4.69, 9.17) is 16.3 Å². The Labute approximate surface area is 150 Å². The first-order valence-electron chi connectivity index (χ1n) is 7.97. The van der Waals surface area contributed by atoms with Crippen LogP contribution in [0.15, 0.2) is 36.4 Å². The van der Waals surface area contributed by atoms with Gasteiger partial charge in [0.15, 0.2) is 5.82 Å². The van der Waals surface area contributed by atoms with Crippen LogP contribution < -0.4 is 10.1 Å². The number of nitrogens with zero attached hydrogens (tertiary/aromatic N) is 2. The van der Waals surface area contributed by atoms with Crippen LogP contribution >= 0.6 is 11.6 Å². The lowest BCUT2D eigenvalue weighted by Crippen LogP contribution is -2.36. The summed E-state index contributed by atoms with van der Waals surface area (Å²) in [5, 5.41) is 4.48. The fraction of sp³-hybridized carbons (Fsp3) is 0.211. The van der Waals surface area contributed by atoms with Crippen molar-refractivity contribution in [2.75, 3.05) is 7.11 Å². The Bertz CT molecular complexity index is 1000. The van der Waals surface area contributed by atoms with Gasteiger partial charge in [0.2, 0.25) is 0 Å². The van der Waals surface area contributed by atoms with E-state index < -0.39 is 0 Å². The van der Waals surface area contributed by atoms with E-state index in [9.17, 15) is 4.79 Å². The van der Waals surface area contributed by atoms with Crippen LogP contribution in [0.1, 0.15) is 33.5 Å². The number of ether oxygens (including phenoxy) is 1. The number of hydrogen-bond acceptors (Lipinski definition) is 4. The molecule has 1 unspecified atom stereocenters. The van der Waals surface area contributed by atoms with Gasteiger partial charge in [-0.3, -0.25) is 4.79 Å². The van der Waals surface area contributed by atoms with Crippen LogP contribution in [0.3, 0.4) is 0 Å². The van der Waals surface area contributed by atoms with Gasteiger partial charge >= 0.3 is 0 Å². The standard InChI is InChI=1S/C19H16ClN3O2/c1-10-13-4-3-5-15(20)17(13)23-18(21-10)16-9-11-8-12(25-2)6-7-14(11)19(24)22-16/h3-8,16H,9H2,1-2H3,(H,22,24). The zero-order valence-corrected chi connectivity index (χ0v) is 14.6. The molecule has 5 nitrogen and oxygen atoms in total. The number of carbonyl (C=O) groups excluding carboxylic acids is 1. The van der Waals surface area contributed by atoms with Gasteiger partial charge in [0.1, 0.15) is 5.75 Å². The highest BCUT2D eigenvalue weighted by Crippen LogP contribution is 2.30. The highest BCUT2D eigenvalue weighted by molar-refractivity contribution is 6.35. The number of aromatic nitrogens is 2. The first kappa shape index (κ1) is 15.8. The molecule has 3 aromatic rings. The molecule has 126 valence electrons. The van der Waals surface area contributed by atoms with Crippen molar-refractivity contribution in [1.29, 1.82) is 0 Å². The Kier molecular flexibility index (Phi) is 3.81. The second-order valence-electron chi connectivity index (χ2n) is 6.06. The average Bonchev–Trinajstić information content (AvgIpc) is 2.62. The minimum Gasteiger partial charge on any atom is -0.497 e. The van der Waals surface area contributed by atoms with Crippen molar-refractivity contribution in [3.8, 4) is 5.75 Å². The lowest BCUT2D eigenvalue weighted by molar-refractivity contribution is 0.0922. The van der Waals surface area contributed by atoms with Gasteiger partial charge in [-0.2, -0.15) is 0 Å². The summed E-state index contributed by atoms with van der Waals surface area (Å²) in [6.07, 6.45) is 0.605. The molecule has 2 aromatic carbocycles. The van der Waals surface area contributed by atoms with Crippen LogP contribution in [-0.4, -0.2) is 23.0 Å². The molecule has 4 rings (SSSR count). The summed E-state index contributed by atoms with van der Waals surface area (Å²) in [7, 11) is 1.61. The summed E-state index contributed by atoms with van der Waals surface area (Å²) >= 11 is 6.30. The number of halogens is 1. The SMILES string of the molecule is COc1ccc2c(c1)CC(c1nc(C)c3cccc(Cl)c3n1)NC2=O. The topological polar surface area (TPSA) is 64.1 Å². The van der Waals surface area contributed by atoms with E-state index in [1.165, 1.54) is 0 Å². The molecule has 0 aliphatic carbocycles. The molecule has 0 bridgehead atoms. The molecule has 2 heterocycles. The van der Waals surface area contributed by atoms with E-state index in [-0.39, 0.29) is 11.9 Å². The molecule has 1 aromatic heterocycles. The van der Waals surface area contributed by atoms with Gasteiger partial charge in [-0.1, -0.05) is 23.7 Å². The van der Waals surface area contributed by atoms with E-state index in [1.54, 1.807) is 25.3 Å². The van der Waals surface area contributed by atoms with Gasteiger partial charge in [0.05, 0.1) is 23.7 Å². The van der Waals surface area contributed by atoms with E-state index in [2.05, 4.69) is 15.3 Å². The first-order valence-corrected chi connectivity index (χ1v) is 8.35. The lowest BCUT2D eigenvalue weighted by Gasteiger charge is -2.25. The average molecular weight is 354 g/mol. The molecular weight excluding hydrogens is 338 g/mol. The molecule has 6 heteroatoms. The molecule has 25 heavy (non-hydrogen) atoms. The van der Waals surface area contributed by atoms with Crippen LogP contribution in [0.25, 0.3) is 10.9 Å². The van der Waals surface area contributed by atoms with Crippen LogP contribution in [0.2, 0.25) is 5.02 Å². The summed E-state index contributed by atoms with van der Waals surface area (Å²) in [5.74, 6) is 1.17. The molecule has 0 radical (unpaired) electrons. The van der Waals surface area contributed by atoms with Crippen molar-refractivity contribution >= 4 is 28.4 Å². The number of benzene rings is 2. The molecule has 0 fully saturated rings. The number of rotatable bonds is 2. The largest absolute Gasteiger partial charge is 0.497 e. The summed E-state index contributed by atoms with van der Waals surface area (Å²) in [6, 6.07) is 10.8. The number of methoxy groups -OCH3 is 1. The van der Waals surface area contributed by atoms with E-state index in [1.807, 2.05) is 25.1 Å². The first-order chi connectivity index (χ1) is 12.1. The molecule has 0 spiro atoms. The van der Waals surface area contributed by atoms with Crippen LogP contribution in [0.5, 0.6) is 5.75 Å². The maximum absolute atomic E-state index is 12.5. The number of nitrogens with one attached hydrogen (secondary N) is 1. The maximum atomic E-state index is 12.5. The maximum Gasteiger partial charge on any atom is 0.252 e. The van der Waals surface area contributed by atoms with Gasteiger partial charge < -0.3 is 10.1 Å². The van der Waals surface area contributed by atoms with Crippen molar-refractivity contribution in [2.24, 2.45) is 0 Å². The predicted octanol–water partition coefficient (Wildman–Crippen LogP) is 3.63. The second-order valence-corrected chi connectivity index (χ2v) is 6.46. The fourth-order valence-corrected chi connectivity index (χ4v) is 3.42. The molecule has 1 amide bonds. The Hall–Kier alpha value is -2.66. The Morgan fingerprint density at radius 3 is 2.88 bits per heavy atom. The second kappa shape index (κ2) is 6.01. The van der Waals surface area contributed by atoms with Gasteiger partial charge in [0.25, 0.3) is 5.91 Å². The summed E-state index contributed by atoms with van der Waals surface area (Å²) in [4.78, 5) is 21.7. The highest BCUT2D eigenvalue weighted by Gasteiger charge is 2.28. The number of carbonyl (C=O) groups is 1. The third-order valence-electron chi connectivity index (χ3n) is 4.48. The molecule has 1 aliphatic heterocycles. The summed E-state index contributed by atoms with van der Waals surface area (Å²) in [6.45, 7) is 1.92. The molecule has 1 aliphatic rings. The van der Waals surface area contributed by atoms with Crippen LogP contribution in [0, 0.1) is 6.92 Å². The number of aryl methyl sites for hydroxylation is 1. The Morgan fingerprint density at radius 2 is 2.08 bits per heavy atom. The van der Waals surface area contributed by atoms with Crippen LogP contribution in [0.4, 0.5) is 0 Å². The minimum atomic E-state index is -0.300. The van der Waals surface area contributed by atoms with Gasteiger partial charge in [0, 0.05) is 23.1 Å². The quantitative estimate of drug-likeness (QED) is 0.764. The molecule has 1 N–H and O–H groups in total. The number of fused-ring (bicyclic) bond motifs is 2. The van der Waals surface area contributed by atoms with Gasteiger partial charge in [-0.25, -0.2) is 9.97 Å². The molecular formula is C19H16ClN3O2. The van der Waals surface area contributed by atoms with E-state index >= 15 is 0 Å². The minimum absolute atomic E-state index is 0.130. The van der Waals surface area contributed by atoms with Gasteiger partial charge in [-0.15, -0.1) is 0 Å². The van der Waals surface area contributed by atoms with Crippen molar-refractivity contribution in [3.63, 3.8) is 0 Å². The zero-order chi connectivity index (χ0) is 17.6. The zero-order valence-electron chi connectivity index (χ0n) is 13.8. The Morgan fingerprint density at radius 1 is 1.24 bits per heavy atom. The number of para-hydroxylation sites is 1. The molecule has 0 saturated carbocycles. The van der Waals surface area contributed by atoms with E-state index in [0.717, 1.165) is 22.4 Å². The van der Waals surface area contributed by atoms with Gasteiger partial charge in [-0.05, 0) is 36.8 Å². The molecule has 0 saturated heterocycles. The van der Waals surface area contributed by atoms with Crippen molar-refractivity contribution in [3.05, 3.63) is 64.1 Å². The highest BCUT2D eigenvalue weighted by atomic mass is 35.5. The summed E-state index contributed by atoms with van der Waals surface area (Å²) in [5.41, 5.74) is 3.13. The molecule has 1 atom stereocenters. The van der Waals surface area contributed by atoms with Crippen LogP contribution in [-0.2, 0) is 6.42 Å². The number of amides is 1. The smallest absolute Gasteiger partial charge is 0.252 e. The Balaban J connectivity index is 1.79. The monoisotopic (exact) mass is 353 g/mol. The van der Waals surface area contributed by atoms with Crippen molar-refractivity contribution in [2.45, 2.75) is 19.4 Å². The third-order valence-corrected chi connectivity index (χ3v) is 4.79. The summed E-state index contributed by atoms with van der Waals surface area (Å²) < 4.78 is 5.27. The third kappa shape index (κ3) is 2.70. The predicted molar refractivity (Wildman–Crippen MR) is 96.2 cm³/mol. The van der Waals surface area contributed by atoms with E-state index in [0.29, 0.717) is 28.3 Å². The fourth-order valence-electron chi connectivity index (χ4n) is 3.20. The number of hydrogen-bond donors (Lipinski definition) is 1. The lowest BCUT2D eigenvalue weighted by atomic mass is 9.94. The van der Waals surface area contributed by atoms with Crippen molar-refractivity contribution < 1.29 is 9.53 Å². The van der Waals surface area contributed by atoms with Crippen molar-refractivity contribution in [1.82, 2.24) is 15.3 Å². The normalized spacial score (nSPS) is 16.4.